The van der Waals surface area contributed by atoms with Crippen molar-refractivity contribution >= 4 is 33.5 Å². The van der Waals surface area contributed by atoms with E-state index in [0.29, 0.717) is 24.8 Å². The lowest BCUT2D eigenvalue weighted by molar-refractivity contribution is 0.0932. The molecular weight excluding hydrogens is 348 g/mol. The van der Waals surface area contributed by atoms with Gasteiger partial charge in [-0.3, -0.25) is 4.79 Å². The standard InChI is InChI=1S/C15H17BrN4O2/c1-10-9-11(16)3-4-12(10)19-15-18-6-5-13(20-15)14(21)17-7-8-22-2/h3-6,9H,7-8H2,1-2H3,(H,17,21)(H,18,19,20). The van der Waals surface area contributed by atoms with Crippen LogP contribution in [0.2, 0.25) is 0 Å². The molecule has 0 aliphatic rings. The van der Waals surface area contributed by atoms with Crippen LogP contribution in [-0.4, -0.2) is 36.1 Å². The number of methoxy groups -OCH3 is 1. The number of benzene rings is 1. The first-order valence-corrected chi connectivity index (χ1v) is 7.53. The van der Waals surface area contributed by atoms with E-state index in [4.69, 9.17) is 4.74 Å². The highest BCUT2D eigenvalue weighted by atomic mass is 79.9. The molecule has 0 bridgehead atoms. The predicted octanol–water partition coefficient (Wildman–Crippen LogP) is 2.67. The average Bonchev–Trinajstić information content (AvgIpc) is 2.50. The van der Waals surface area contributed by atoms with Gasteiger partial charge in [0.05, 0.1) is 6.61 Å². The van der Waals surface area contributed by atoms with E-state index in [1.165, 1.54) is 0 Å². The van der Waals surface area contributed by atoms with E-state index in [1.54, 1.807) is 19.4 Å². The predicted molar refractivity (Wildman–Crippen MR) is 88.4 cm³/mol. The van der Waals surface area contributed by atoms with Gasteiger partial charge < -0.3 is 15.4 Å². The normalized spacial score (nSPS) is 10.3. The van der Waals surface area contributed by atoms with Crippen LogP contribution < -0.4 is 10.6 Å². The number of nitrogens with one attached hydrogen (secondary N) is 2. The molecule has 2 N–H and O–H groups in total. The van der Waals surface area contributed by atoms with Crippen LogP contribution in [-0.2, 0) is 4.74 Å². The molecule has 0 atom stereocenters. The molecule has 22 heavy (non-hydrogen) atoms. The van der Waals surface area contributed by atoms with Gasteiger partial charge in [0, 0.05) is 30.0 Å². The zero-order valence-electron chi connectivity index (χ0n) is 12.4. The number of hydrogen-bond acceptors (Lipinski definition) is 5. The fourth-order valence-electron chi connectivity index (χ4n) is 1.79. The fraction of sp³-hybridized carbons (Fsp3) is 0.267. The van der Waals surface area contributed by atoms with Crippen LogP contribution in [0.5, 0.6) is 0 Å². The summed E-state index contributed by atoms with van der Waals surface area (Å²) in [4.78, 5) is 20.3. The van der Waals surface area contributed by atoms with E-state index in [1.807, 2.05) is 25.1 Å². The van der Waals surface area contributed by atoms with Crippen LogP contribution in [0.1, 0.15) is 16.1 Å². The second kappa shape index (κ2) is 7.86. The molecule has 0 spiro atoms. The van der Waals surface area contributed by atoms with E-state index >= 15 is 0 Å². The Kier molecular flexibility index (Phi) is 5.85. The maximum absolute atomic E-state index is 11.9. The Morgan fingerprint density at radius 2 is 2.18 bits per heavy atom. The molecule has 0 saturated heterocycles. The van der Waals surface area contributed by atoms with Crippen molar-refractivity contribution in [2.45, 2.75) is 6.92 Å². The SMILES string of the molecule is COCCNC(=O)c1ccnc(Nc2ccc(Br)cc2C)n1. The van der Waals surface area contributed by atoms with Gasteiger partial charge in [-0.05, 0) is 36.8 Å². The highest BCUT2D eigenvalue weighted by molar-refractivity contribution is 9.10. The van der Waals surface area contributed by atoms with Crippen molar-refractivity contribution < 1.29 is 9.53 Å². The molecule has 1 aromatic heterocycles. The summed E-state index contributed by atoms with van der Waals surface area (Å²) in [6.07, 6.45) is 1.55. The summed E-state index contributed by atoms with van der Waals surface area (Å²) in [7, 11) is 1.58. The molecule has 1 heterocycles. The molecule has 0 aliphatic carbocycles. The van der Waals surface area contributed by atoms with Gasteiger partial charge in [-0.25, -0.2) is 9.97 Å². The number of aromatic nitrogens is 2. The first-order chi connectivity index (χ1) is 10.6. The Morgan fingerprint density at radius 3 is 2.91 bits per heavy atom. The number of anilines is 2. The summed E-state index contributed by atoms with van der Waals surface area (Å²) in [5.74, 6) is 0.125. The third kappa shape index (κ3) is 4.51. The molecule has 7 heteroatoms. The highest BCUT2D eigenvalue weighted by Gasteiger charge is 2.09. The third-order valence-corrected chi connectivity index (χ3v) is 3.41. The van der Waals surface area contributed by atoms with E-state index < -0.39 is 0 Å². The van der Waals surface area contributed by atoms with Gasteiger partial charge in [-0.2, -0.15) is 0 Å². The van der Waals surface area contributed by atoms with E-state index in [9.17, 15) is 4.79 Å². The molecule has 0 unspecified atom stereocenters. The lowest BCUT2D eigenvalue weighted by Crippen LogP contribution is -2.27. The number of hydrogen-bond donors (Lipinski definition) is 2. The maximum Gasteiger partial charge on any atom is 0.270 e. The van der Waals surface area contributed by atoms with Crippen LogP contribution in [0.4, 0.5) is 11.6 Å². The lowest BCUT2D eigenvalue weighted by Gasteiger charge is -2.09. The quantitative estimate of drug-likeness (QED) is 0.770. The number of nitrogens with zero attached hydrogens (tertiary/aromatic N) is 2. The molecular formula is C15H17BrN4O2. The molecule has 2 rings (SSSR count). The summed E-state index contributed by atoms with van der Waals surface area (Å²) in [5.41, 5.74) is 2.25. The molecule has 0 saturated carbocycles. The first kappa shape index (κ1) is 16.4. The number of carbonyl (C=O) groups excluding carboxylic acids is 1. The summed E-state index contributed by atoms with van der Waals surface area (Å²) >= 11 is 3.42. The van der Waals surface area contributed by atoms with Crippen molar-refractivity contribution in [1.82, 2.24) is 15.3 Å². The van der Waals surface area contributed by atoms with Gasteiger partial charge in [-0.1, -0.05) is 15.9 Å². The van der Waals surface area contributed by atoms with E-state index in [2.05, 4.69) is 36.5 Å². The Morgan fingerprint density at radius 1 is 1.36 bits per heavy atom. The monoisotopic (exact) mass is 364 g/mol. The number of amides is 1. The van der Waals surface area contributed by atoms with Gasteiger partial charge in [-0.15, -0.1) is 0 Å². The number of carbonyl (C=O) groups is 1. The van der Waals surface area contributed by atoms with E-state index in [0.717, 1.165) is 15.7 Å². The number of halogens is 1. The van der Waals surface area contributed by atoms with Crippen molar-refractivity contribution in [2.24, 2.45) is 0 Å². The van der Waals surface area contributed by atoms with E-state index in [-0.39, 0.29) is 5.91 Å². The van der Waals surface area contributed by atoms with Crippen molar-refractivity contribution in [3.63, 3.8) is 0 Å². The fourth-order valence-corrected chi connectivity index (χ4v) is 2.27. The molecule has 0 fully saturated rings. The van der Waals surface area contributed by atoms with Crippen LogP contribution in [0, 0.1) is 6.92 Å². The summed E-state index contributed by atoms with van der Waals surface area (Å²) in [6.45, 7) is 2.88. The number of rotatable bonds is 6. The summed E-state index contributed by atoms with van der Waals surface area (Å²) in [5, 5.41) is 5.84. The van der Waals surface area contributed by atoms with Crippen LogP contribution in [0.25, 0.3) is 0 Å². The minimum Gasteiger partial charge on any atom is -0.383 e. The molecule has 0 radical (unpaired) electrons. The van der Waals surface area contributed by atoms with Gasteiger partial charge in [0.2, 0.25) is 5.95 Å². The molecule has 116 valence electrons. The number of aryl methyl sites for hydroxylation is 1. The molecule has 1 aromatic carbocycles. The Bertz CT molecular complexity index is 664. The summed E-state index contributed by atoms with van der Waals surface area (Å²) in [6, 6.07) is 7.41. The highest BCUT2D eigenvalue weighted by Crippen LogP contribution is 2.22. The molecule has 2 aromatic rings. The number of ether oxygens (including phenoxy) is 1. The zero-order valence-corrected chi connectivity index (χ0v) is 14.0. The molecule has 6 nitrogen and oxygen atoms in total. The van der Waals surface area contributed by atoms with Crippen molar-refractivity contribution in [2.75, 3.05) is 25.6 Å². The van der Waals surface area contributed by atoms with Gasteiger partial charge in [0.25, 0.3) is 5.91 Å². The van der Waals surface area contributed by atoms with Gasteiger partial charge in [0.1, 0.15) is 5.69 Å². The van der Waals surface area contributed by atoms with Crippen molar-refractivity contribution in [3.05, 3.63) is 46.2 Å². The van der Waals surface area contributed by atoms with Crippen molar-refractivity contribution in [1.29, 1.82) is 0 Å². The van der Waals surface area contributed by atoms with Crippen LogP contribution in [0.3, 0.4) is 0 Å². The lowest BCUT2D eigenvalue weighted by atomic mass is 10.2. The summed E-state index contributed by atoms with van der Waals surface area (Å²) < 4.78 is 5.89. The Balaban J connectivity index is 2.09. The van der Waals surface area contributed by atoms with Crippen molar-refractivity contribution in [3.8, 4) is 0 Å². The van der Waals surface area contributed by atoms with Crippen LogP contribution >= 0.6 is 15.9 Å². The molecule has 1 amide bonds. The second-order valence-corrected chi connectivity index (χ2v) is 5.51. The smallest absolute Gasteiger partial charge is 0.270 e. The largest absolute Gasteiger partial charge is 0.383 e. The topological polar surface area (TPSA) is 76.1 Å². The molecule has 0 aliphatic heterocycles. The Hall–Kier alpha value is -1.99. The third-order valence-electron chi connectivity index (χ3n) is 2.91. The zero-order chi connectivity index (χ0) is 15.9. The minimum absolute atomic E-state index is 0.255. The first-order valence-electron chi connectivity index (χ1n) is 6.73. The minimum atomic E-state index is -0.255. The van der Waals surface area contributed by atoms with Gasteiger partial charge in [0.15, 0.2) is 0 Å². The van der Waals surface area contributed by atoms with Crippen LogP contribution in [0.15, 0.2) is 34.9 Å². The Labute approximate surface area is 137 Å². The average molecular weight is 365 g/mol. The maximum atomic E-state index is 11.9. The second-order valence-electron chi connectivity index (χ2n) is 4.60. The van der Waals surface area contributed by atoms with Gasteiger partial charge >= 0.3 is 0 Å².